The van der Waals surface area contributed by atoms with Gasteiger partial charge in [0.15, 0.2) is 0 Å². The van der Waals surface area contributed by atoms with Crippen LogP contribution in [0.25, 0.3) is 0 Å². The Labute approximate surface area is 469 Å². The summed E-state index contributed by atoms with van der Waals surface area (Å²) < 4.78 is 39.7. The van der Waals surface area contributed by atoms with Crippen LogP contribution in [0.1, 0.15) is 230 Å². The molecule has 0 radical (unpaired) electrons. The lowest BCUT2D eigenvalue weighted by Crippen LogP contribution is -2.52. The van der Waals surface area contributed by atoms with Gasteiger partial charge in [0.1, 0.15) is 37.4 Å². The topological polar surface area (TPSA) is 112 Å². The van der Waals surface area contributed by atoms with Crippen LogP contribution in [0.3, 0.4) is 0 Å². The highest BCUT2D eigenvalue weighted by molar-refractivity contribution is 9.09. The Hall–Kier alpha value is -0.840. The zero-order valence-corrected chi connectivity index (χ0v) is 47.5. The Morgan fingerprint density at radius 3 is 0.947 bits per heavy atom. The molecule has 76 heavy (non-hydrogen) atoms. The normalized spacial score (nSPS) is 51.2. The maximum absolute atomic E-state index is 13.2. The fraction of sp³-hybridized carbons (Fsp3) is 0.955. The minimum Gasteiger partial charge on any atom is -0.387 e. The molecule has 0 spiro atoms. The lowest BCUT2D eigenvalue weighted by molar-refractivity contribution is -0.132. The third kappa shape index (κ3) is 10.9. The average molecular weight is 1140 g/mol. The number of ketones is 3. The van der Waals surface area contributed by atoms with Crippen LogP contribution in [-0.2, 0) is 14.4 Å². The van der Waals surface area contributed by atoms with Crippen molar-refractivity contribution in [3.05, 3.63) is 0 Å². The molecule has 438 valence electrons. The van der Waals surface area contributed by atoms with E-state index in [4.69, 9.17) is 0 Å². The highest BCUT2D eigenvalue weighted by Gasteiger charge is 2.62. The zero-order valence-electron chi connectivity index (χ0n) is 45.9. The molecule has 12 saturated carbocycles. The van der Waals surface area contributed by atoms with Gasteiger partial charge in [-0.25, -0.2) is 13.2 Å². The third-order valence-corrected chi connectivity index (χ3v) is 27.1. The van der Waals surface area contributed by atoms with Gasteiger partial charge in [0.25, 0.3) is 0 Å². The van der Waals surface area contributed by atoms with E-state index in [1.807, 2.05) is 0 Å². The van der Waals surface area contributed by atoms with Crippen molar-refractivity contribution in [1.29, 1.82) is 0 Å². The molecule has 12 aliphatic rings. The maximum Gasteiger partial charge on any atom is 0.147 e. The number of Topliss-reactive ketones (excluding diaryl/α,β-unsaturated/α-hetero) is 3. The Balaban J connectivity index is 0.000000163. The summed E-state index contributed by atoms with van der Waals surface area (Å²) >= 11 is 3.39. The molecular formula is C66H110BrF3O6. The molecule has 0 unspecified atom stereocenters. The van der Waals surface area contributed by atoms with E-state index in [0.717, 1.165) is 93.3 Å². The van der Waals surface area contributed by atoms with Crippen molar-refractivity contribution >= 4 is 33.3 Å². The van der Waals surface area contributed by atoms with Gasteiger partial charge in [-0.3, -0.25) is 14.4 Å². The van der Waals surface area contributed by atoms with Gasteiger partial charge in [0, 0.05) is 17.8 Å². The van der Waals surface area contributed by atoms with E-state index in [1.54, 1.807) is 13.8 Å². The first kappa shape index (κ1) is 62.8. The maximum atomic E-state index is 13.2. The van der Waals surface area contributed by atoms with E-state index in [-0.39, 0.29) is 56.3 Å². The lowest BCUT2D eigenvalue weighted by atomic mass is 9.49. The smallest absolute Gasteiger partial charge is 0.147 e. The van der Waals surface area contributed by atoms with Gasteiger partial charge in [-0.2, -0.15) is 0 Å². The van der Waals surface area contributed by atoms with Gasteiger partial charge in [0.05, 0.1) is 22.1 Å². The van der Waals surface area contributed by atoms with Crippen LogP contribution in [0.15, 0.2) is 0 Å². The molecule has 0 bridgehead atoms. The average Bonchev–Trinajstić information content (AvgIpc) is 4.06. The van der Waals surface area contributed by atoms with Gasteiger partial charge >= 0.3 is 0 Å². The Bertz CT molecular complexity index is 1930. The highest BCUT2D eigenvalue weighted by Crippen LogP contribution is 2.68. The summed E-state index contributed by atoms with van der Waals surface area (Å²) in [6.07, 6.45) is 28.4. The molecule has 0 aromatic rings. The minimum absolute atomic E-state index is 0. The molecule has 0 aromatic heterocycles. The molecule has 12 fully saturated rings. The van der Waals surface area contributed by atoms with Crippen molar-refractivity contribution < 1.29 is 42.9 Å². The first-order valence-electron chi connectivity index (χ1n) is 30.6. The van der Waals surface area contributed by atoms with Gasteiger partial charge in [-0.05, 0) is 292 Å². The van der Waals surface area contributed by atoms with E-state index < -0.39 is 36.8 Å². The zero-order chi connectivity index (χ0) is 52.0. The summed E-state index contributed by atoms with van der Waals surface area (Å²) in [5.41, 5.74) is -2.46. The van der Waals surface area contributed by atoms with Crippen LogP contribution in [0.4, 0.5) is 13.2 Å². The molecule has 0 aromatic carbocycles. The van der Waals surface area contributed by atoms with Crippen molar-refractivity contribution in [3.8, 4) is 0 Å². The van der Waals surface area contributed by atoms with Gasteiger partial charge in [0.2, 0.25) is 0 Å². The molecule has 6 nitrogen and oxygen atoms in total. The summed E-state index contributed by atoms with van der Waals surface area (Å²) in [4.78, 5) is 36.7. The second-order valence-corrected chi connectivity index (χ2v) is 30.0. The van der Waals surface area contributed by atoms with Crippen molar-refractivity contribution in [2.45, 2.75) is 247 Å². The van der Waals surface area contributed by atoms with Crippen molar-refractivity contribution in [2.24, 2.45) is 123 Å². The molecule has 0 heterocycles. The molecule has 0 amide bonds. The number of hydrogen-bond acceptors (Lipinski definition) is 6. The summed E-state index contributed by atoms with van der Waals surface area (Å²) in [6.45, 7) is 9.02. The number of carbonyl (C=O) groups excluding carboxylic acids is 3. The van der Waals surface area contributed by atoms with E-state index in [9.17, 15) is 42.9 Å². The third-order valence-electron chi connectivity index (χ3n) is 26.6. The Kier molecular flexibility index (Phi) is 19.6. The van der Waals surface area contributed by atoms with E-state index in [2.05, 4.69) is 36.7 Å². The number of alkyl halides is 4. The van der Waals surface area contributed by atoms with Gasteiger partial charge < -0.3 is 15.3 Å². The van der Waals surface area contributed by atoms with Crippen LogP contribution in [0, 0.1) is 123 Å². The second kappa shape index (κ2) is 23.8. The SMILES string of the molecule is C.C.C.CC(=O)[C@H]1CC[C@H]2[C@@H]3CC[C@@H]4C[C@@](O)(CF)CC[C@@H]4[C@H]3CC[C@]12C.CC(=O)[C@H]1CC[C@H]2[C@@H]3CC[C@@H]4C[C@](O)(CF)CC[C@@H]4[C@H]3CC[C@]12C.C[C@]12CC[C@H]3[C@@H](CC[C@@H]4C[C@@](O)(CF)CC[C@@H]43)[C@@H]1CC[C@@H]2C(=O)CBr. The van der Waals surface area contributed by atoms with Crippen molar-refractivity contribution in [2.75, 3.05) is 25.4 Å². The summed E-state index contributed by atoms with van der Waals surface area (Å²) in [5, 5.41) is 31.7. The van der Waals surface area contributed by atoms with Crippen LogP contribution >= 0.6 is 15.9 Å². The number of carbonyl (C=O) groups is 3. The standard InChI is InChI=1S/C21H32BrFO2.2C21H33FO2.3CH4/c1-20-8-6-15-14-7-9-21(25,12-23)10-13(14)2-3-16(15)17(20)4-5-18(20)19(24)11-22;2*1-13(23)18-5-6-19-17-4-3-14-11-21(24,12-22)10-8-15(14)16(17)7-9-20(18,19)2;;;/h13-18,25H,2-12H2,1H3;2*14-19,24H,3-12H2,1-2H3;3*1H4/t13-,14+,15-,16-,17+,18-,20+,21-;14-,15+,16-,17-,18-,19+,20-,21+;14-,15+,16-,17-,18-,19+,20-,21-;;;/m111.../s1. The lowest BCUT2D eigenvalue weighted by Gasteiger charge is -2.56. The Morgan fingerprint density at radius 2 is 0.671 bits per heavy atom. The predicted molar refractivity (Wildman–Crippen MR) is 305 cm³/mol. The number of halogens is 4. The number of fused-ring (bicyclic) bond motifs is 15. The molecular weight excluding hydrogens is 1030 g/mol. The number of hydrogen-bond donors (Lipinski definition) is 3. The number of aliphatic hydroxyl groups is 3. The van der Waals surface area contributed by atoms with Crippen LogP contribution in [0.2, 0.25) is 0 Å². The van der Waals surface area contributed by atoms with Crippen LogP contribution in [0.5, 0.6) is 0 Å². The quantitative estimate of drug-likeness (QED) is 0.219. The molecule has 10 heteroatoms. The Morgan fingerprint density at radius 1 is 0.395 bits per heavy atom. The van der Waals surface area contributed by atoms with E-state index in [0.29, 0.717) is 114 Å². The summed E-state index contributed by atoms with van der Waals surface area (Å²) in [7, 11) is 0. The molecule has 3 N–H and O–H groups in total. The van der Waals surface area contributed by atoms with Crippen molar-refractivity contribution in [3.63, 3.8) is 0 Å². The summed E-state index contributed by atoms with van der Waals surface area (Å²) in [6, 6.07) is 0. The van der Waals surface area contributed by atoms with Crippen LogP contribution in [-0.4, -0.2) is 74.8 Å². The van der Waals surface area contributed by atoms with Crippen LogP contribution < -0.4 is 0 Å². The second-order valence-electron chi connectivity index (χ2n) is 29.5. The minimum atomic E-state index is -1.04. The predicted octanol–water partition coefficient (Wildman–Crippen LogP) is 15.9. The fourth-order valence-corrected chi connectivity index (χ4v) is 23.6. The molecule has 12 rings (SSSR count). The fourth-order valence-electron chi connectivity index (χ4n) is 23.2. The highest BCUT2D eigenvalue weighted by atomic mass is 79.9. The van der Waals surface area contributed by atoms with Gasteiger partial charge in [-0.1, -0.05) is 59.0 Å². The molecule has 0 saturated heterocycles. The van der Waals surface area contributed by atoms with Crippen molar-refractivity contribution in [1.82, 2.24) is 0 Å². The first-order chi connectivity index (χ1) is 34.7. The molecule has 0 aliphatic heterocycles. The number of rotatable bonds is 7. The monoisotopic (exact) mass is 1130 g/mol. The summed E-state index contributed by atoms with van der Waals surface area (Å²) in [5.74, 6) is 12.3. The molecule has 12 aliphatic carbocycles. The van der Waals surface area contributed by atoms with Gasteiger partial charge in [-0.15, -0.1) is 0 Å². The first-order valence-corrected chi connectivity index (χ1v) is 31.7. The van der Waals surface area contributed by atoms with E-state index in [1.165, 1.54) is 77.0 Å². The largest absolute Gasteiger partial charge is 0.387 e. The molecule has 24 atom stereocenters. The van der Waals surface area contributed by atoms with E-state index >= 15 is 0 Å².